The summed E-state index contributed by atoms with van der Waals surface area (Å²) in [5.41, 5.74) is 13.3. The lowest BCUT2D eigenvalue weighted by atomic mass is 9.98. The Morgan fingerprint density at radius 2 is 2.24 bits per heavy atom. The van der Waals surface area contributed by atoms with Gasteiger partial charge in [0.2, 0.25) is 0 Å². The average Bonchev–Trinajstić information content (AvgIpc) is 2.28. The van der Waals surface area contributed by atoms with E-state index in [0.717, 1.165) is 25.2 Å². The molecule has 1 heterocycles. The number of nitrogens with zero attached hydrogens (tertiary/aromatic N) is 1. The van der Waals surface area contributed by atoms with Gasteiger partial charge < -0.3 is 16.4 Å². The van der Waals surface area contributed by atoms with Crippen LogP contribution in [0.3, 0.4) is 0 Å². The molecule has 4 heteroatoms. The number of hydrogen-bond acceptors (Lipinski definition) is 3. The Labute approximate surface area is 102 Å². The van der Waals surface area contributed by atoms with Crippen LogP contribution in [-0.4, -0.2) is 19.0 Å². The molecule has 2 rings (SSSR count). The molecule has 1 atom stereocenters. The van der Waals surface area contributed by atoms with Crippen LogP contribution in [0.2, 0.25) is 0 Å². The molecule has 17 heavy (non-hydrogen) atoms. The maximum Gasteiger partial charge on any atom is 0.250 e. The fraction of sp³-hybridized carbons (Fsp3) is 0.462. The van der Waals surface area contributed by atoms with E-state index in [9.17, 15) is 4.79 Å². The molecular weight excluding hydrogens is 214 g/mol. The van der Waals surface area contributed by atoms with Crippen LogP contribution < -0.4 is 16.4 Å². The van der Waals surface area contributed by atoms with Gasteiger partial charge in [-0.3, -0.25) is 4.79 Å². The van der Waals surface area contributed by atoms with Crippen molar-refractivity contribution in [2.45, 2.75) is 19.8 Å². The molecule has 0 aromatic heterocycles. The molecule has 1 aromatic carbocycles. The van der Waals surface area contributed by atoms with E-state index in [-0.39, 0.29) is 0 Å². The van der Waals surface area contributed by atoms with Gasteiger partial charge >= 0.3 is 0 Å². The van der Waals surface area contributed by atoms with Crippen molar-refractivity contribution in [1.82, 2.24) is 0 Å². The van der Waals surface area contributed by atoms with Crippen molar-refractivity contribution in [2.75, 3.05) is 23.7 Å². The number of amides is 1. The topological polar surface area (TPSA) is 72.3 Å². The van der Waals surface area contributed by atoms with Crippen LogP contribution in [-0.2, 0) is 0 Å². The van der Waals surface area contributed by atoms with E-state index in [0.29, 0.717) is 17.2 Å². The molecule has 1 unspecified atom stereocenters. The smallest absolute Gasteiger partial charge is 0.250 e. The second kappa shape index (κ2) is 4.65. The largest absolute Gasteiger partial charge is 0.399 e. The molecule has 0 radical (unpaired) electrons. The highest BCUT2D eigenvalue weighted by Gasteiger charge is 2.20. The molecule has 1 aliphatic heterocycles. The van der Waals surface area contributed by atoms with Gasteiger partial charge in [-0.2, -0.15) is 0 Å². The number of hydrogen-bond donors (Lipinski definition) is 2. The van der Waals surface area contributed by atoms with Gasteiger partial charge in [-0.1, -0.05) is 6.92 Å². The van der Waals surface area contributed by atoms with Gasteiger partial charge in [-0.25, -0.2) is 0 Å². The third kappa shape index (κ3) is 2.52. The van der Waals surface area contributed by atoms with Gasteiger partial charge in [-0.05, 0) is 37.0 Å². The lowest BCUT2D eigenvalue weighted by Crippen LogP contribution is -2.35. The summed E-state index contributed by atoms with van der Waals surface area (Å²) >= 11 is 0. The summed E-state index contributed by atoms with van der Waals surface area (Å²) in [4.78, 5) is 13.6. The lowest BCUT2D eigenvalue weighted by molar-refractivity contribution is 0.100. The van der Waals surface area contributed by atoms with Gasteiger partial charge in [0.25, 0.3) is 5.91 Å². The number of primary amides is 1. The van der Waals surface area contributed by atoms with Crippen molar-refractivity contribution >= 4 is 17.3 Å². The standard InChI is InChI=1S/C13H19N3O/c1-9-3-2-6-16(8-9)12-7-10(14)4-5-11(12)13(15)17/h4-5,7,9H,2-3,6,8,14H2,1H3,(H2,15,17). The molecule has 4 nitrogen and oxygen atoms in total. The zero-order chi connectivity index (χ0) is 12.4. The summed E-state index contributed by atoms with van der Waals surface area (Å²) in [6.45, 7) is 4.15. The van der Waals surface area contributed by atoms with Crippen molar-refractivity contribution in [1.29, 1.82) is 0 Å². The van der Waals surface area contributed by atoms with Crippen LogP contribution >= 0.6 is 0 Å². The molecule has 1 saturated heterocycles. The third-order valence-corrected chi connectivity index (χ3v) is 3.28. The Morgan fingerprint density at radius 3 is 2.88 bits per heavy atom. The molecule has 0 saturated carbocycles. The normalized spacial score (nSPS) is 20.3. The van der Waals surface area contributed by atoms with Crippen LogP contribution in [0.5, 0.6) is 0 Å². The number of carbonyl (C=O) groups excluding carboxylic acids is 1. The molecule has 4 N–H and O–H groups in total. The molecule has 1 aliphatic rings. The SMILES string of the molecule is CC1CCCN(c2cc(N)ccc2C(N)=O)C1. The second-order valence-electron chi connectivity index (χ2n) is 4.83. The molecule has 92 valence electrons. The van der Waals surface area contributed by atoms with Gasteiger partial charge in [-0.15, -0.1) is 0 Å². The molecule has 1 fully saturated rings. The Balaban J connectivity index is 2.35. The number of nitrogen functional groups attached to an aromatic ring is 1. The number of benzene rings is 1. The third-order valence-electron chi connectivity index (χ3n) is 3.28. The Morgan fingerprint density at radius 1 is 1.47 bits per heavy atom. The van der Waals surface area contributed by atoms with E-state index in [4.69, 9.17) is 11.5 Å². The van der Waals surface area contributed by atoms with E-state index in [1.54, 1.807) is 12.1 Å². The Kier molecular flexibility index (Phi) is 3.22. The molecule has 0 aliphatic carbocycles. The average molecular weight is 233 g/mol. The quantitative estimate of drug-likeness (QED) is 0.762. The van der Waals surface area contributed by atoms with Gasteiger partial charge in [0.1, 0.15) is 0 Å². The van der Waals surface area contributed by atoms with E-state index in [2.05, 4.69) is 11.8 Å². The first kappa shape index (κ1) is 11.8. The monoisotopic (exact) mass is 233 g/mol. The van der Waals surface area contributed by atoms with Crippen LogP contribution in [0.1, 0.15) is 30.1 Å². The van der Waals surface area contributed by atoms with Crippen molar-refractivity contribution in [3.05, 3.63) is 23.8 Å². The summed E-state index contributed by atoms with van der Waals surface area (Å²) < 4.78 is 0. The van der Waals surface area contributed by atoms with Gasteiger partial charge in [0, 0.05) is 18.8 Å². The summed E-state index contributed by atoms with van der Waals surface area (Å²) in [5.74, 6) is 0.254. The number of rotatable bonds is 2. The first-order chi connectivity index (χ1) is 8.08. The summed E-state index contributed by atoms with van der Waals surface area (Å²) in [7, 11) is 0. The molecule has 0 spiro atoms. The maximum absolute atomic E-state index is 11.4. The first-order valence-electron chi connectivity index (χ1n) is 6.02. The van der Waals surface area contributed by atoms with Crippen molar-refractivity contribution in [3.63, 3.8) is 0 Å². The number of carbonyl (C=O) groups is 1. The van der Waals surface area contributed by atoms with Crippen molar-refractivity contribution < 1.29 is 4.79 Å². The minimum Gasteiger partial charge on any atom is -0.399 e. The van der Waals surface area contributed by atoms with Crippen LogP contribution in [0.4, 0.5) is 11.4 Å². The summed E-state index contributed by atoms with van der Waals surface area (Å²) in [5, 5.41) is 0. The maximum atomic E-state index is 11.4. The van der Waals surface area contributed by atoms with Crippen molar-refractivity contribution in [2.24, 2.45) is 11.7 Å². The van der Waals surface area contributed by atoms with E-state index in [1.807, 2.05) is 6.07 Å². The number of anilines is 2. The zero-order valence-electron chi connectivity index (χ0n) is 10.1. The highest BCUT2D eigenvalue weighted by atomic mass is 16.1. The Bertz CT molecular complexity index is 431. The van der Waals surface area contributed by atoms with E-state index in [1.165, 1.54) is 6.42 Å². The van der Waals surface area contributed by atoms with Crippen LogP contribution in [0.15, 0.2) is 18.2 Å². The zero-order valence-corrected chi connectivity index (χ0v) is 10.1. The van der Waals surface area contributed by atoms with Gasteiger partial charge in [0.05, 0.1) is 11.3 Å². The second-order valence-corrected chi connectivity index (χ2v) is 4.83. The fourth-order valence-corrected chi connectivity index (χ4v) is 2.43. The van der Waals surface area contributed by atoms with Crippen molar-refractivity contribution in [3.8, 4) is 0 Å². The van der Waals surface area contributed by atoms with Crippen LogP contribution in [0, 0.1) is 5.92 Å². The number of piperidine rings is 1. The fourth-order valence-electron chi connectivity index (χ4n) is 2.43. The number of nitrogens with two attached hydrogens (primary N) is 2. The van der Waals surface area contributed by atoms with Crippen LogP contribution in [0.25, 0.3) is 0 Å². The molecule has 1 aromatic rings. The lowest BCUT2D eigenvalue weighted by Gasteiger charge is -2.33. The first-order valence-corrected chi connectivity index (χ1v) is 6.02. The summed E-state index contributed by atoms with van der Waals surface area (Å²) in [6.07, 6.45) is 2.39. The van der Waals surface area contributed by atoms with E-state index < -0.39 is 5.91 Å². The minimum absolute atomic E-state index is 0.391. The highest BCUT2D eigenvalue weighted by Crippen LogP contribution is 2.27. The van der Waals surface area contributed by atoms with E-state index >= 15 is 0 Å². The highest BCUT2D eigenvalue weighted by molar-refractivity contribution is 5.99. The predicted octanol–water partition coefficient (Wildman–Crippen LogP) is 1.60. The summed E-state index contributed by atoms with van der Waals surface area (Å²) in [6, 6.07) is 5.28. The Hall–Kier alpha value is -1.71. The molecular formula is C13H19N3O. The molecule has 0 bridgehead atoms. The van der Waals surface area contributed by atoms with Gasteiger partial charge in [0.15, 0.2) is 0 Å². The predicted molar refractivity (Wildman–Crippen MR) is 70.0 cm³/mol. The molecule has 1 amide bonds. The minimum atomic E-state index is -0.391.